The summed E-state index contributed by atoms with van der Waals surface area (Å²) in [5, 5.41) is 2.78. The average Bonchev–Trinajstić information content (AvgIpc) is 2.57. The van der Waals surface area contributed by atoms with E-state index in [-0.39, 0.29) is 5.56 Å². The molecule has 0 aliphatic rings. The van der Waals surface area contributed by atoms with Crippen molar-refractivity contribution in [3.05, 3.63) is 90.5 Å². The Kier molecular flexibility index (Phi) is 4.89. The fourth-order valence-corrected chi connectivity index (χ4v) is 5.47. The maximum Gasteiger partial charge on any atom is 0.327 e. The molecule has 116 valence electrons. The van der Waals surface area contributed by atoms with Crippen LogP contribution in [0.15, 0.2) is 84.9 Å². The van der Waals surface area contributed by atoms with Gasteiger partial charge in [-0.1, -0.05) is 84.9 Å². The zero-order valence-electron chi connectivity index (χ0n) is 12.2. The van der Waals surface area contributed by atoms with Crippen molar-refractivity contribution in [3.63, 3.8) is 0 Å². The minimum atomic E-state index is -3.05. The lowest BCUT2D eigenvalue weighted by molar-refractivity contribution is 0.116. The Balaban J connectivity index is 2.22. The van der Waals surface area contributed by atoms with Crippen LogP contribution in [0, 0.1) is 0 Å². The second-order valence-corrected chi connectivity index (χ2v) is 8.20. The van der Waals surface area contributed by atoms with Crippen molar-refractivity contribution in [1.29, 1.82) is 0 Å². The van der Waals surface area contributed by atoms with Gasteiger partial charge in [-0.2, -0.15) is 8.78 Å². The summed E-state index contributed by atoms with van der Waals surface area (Å²) in [5.41, 5.74) is 0.0267. The molecule has 3 rings (SSSR count). The highest BCUT2D eigenvalue weighted by atomic mass is 79.9. The Bertz CT molecular complexity index is 731. The molecule has 3 aromatic rings. The second-order valence-electron chi connectivity index (χ2n) is 5.02. The maximum atomic E-state index is 14.0. The molecule has 0 aliphatic carbocycles. The van der Waals surface area contributed by atoms with Gasteiger partial charge in [0.1, 0.15) is 0 Å². The molecule has 0 unspecified atom stereocenters. The van der Waals surface area contributed by atoms with Gasteiger partial charge in [0.05, 0.1) is 0 Å². The molecule has 0 heterocycles. The zero-order valence-corrected chi connectivity index (χ0v) is 14.6. The Morgan fingerprint density at radius 3 is 1.57 bits per heavy atom. The highest BCUT2D eigenvalue weighted by Gasteiger charge is 2.32. The van der Waals surface area contributed by atoms with E-state index in [4.69, 9.17) is 0 Å². The van der Waals surface area contributed by atoms with Crippen LogP contribution in [-0.2, 0) is 4.83 Å². The van der Waals surface area contributed by atoms with Crippen LogP contribution in [0.2, 0.25) is 0 Å². The quantitative estimate of drug-likeness (QED) is 0.439. The van der Waals surface area contributed by atoms with Crippen molar-refractivity contribution in [2.75, 3.05) is 0 Å². The van der Waals surface area contributed by atoms with Crippen molar-refractivity contribution in [1.82, 2.24) is 0 Å². The Hall–Kier alpha value is -1.57. The summed E-state index contributed by atoms with van der Waals surface area (Å²) in [6.45, 7) is 0. The van der Waals surface area contributed by atoms with Crippen molar-refractivity contribution in [3.8, 4) is 0 Å². The summed E-state index contributed by atoms with van der Waals surface area (Å²) in [6, 6.07) is 26.4. The van der Waals surface area contributed by atoms with Crippen molar-refractivity contribution >= 4 is 39.8 Å². The molecule has 0 aliphatic heterocycles. The van der Waals surface area contributed by atoms with Gasteiger partial charge in [0, 0.05) is 5.56 Å². The summed E-state index contributed by atoms with van der Waals surface area (Å²) in [5.74, 6) is 0. The molecule has 0 saturated heterocycles. The van der Waals surface area contributed by atoms with Crippen LogP contribution in [-0.4, -0.2) is 0 Å². The number of benzene rings is 3. The van der Waals surface area contributed by atoms with Crippen molar-refractivity contribution in [2.45, 2.75) is 4.83 Å². The normalized spacial score (nSPS) is 11.7. The van der Waals surface area contributed by atoms with Crippen LogP contribution in [0.4, 0.5) is 8.78 Å². The van der Waals surface area contributed by atoms with Crippen LogP contribution in [0.25, 0.3) is 0 Å². The third-order valence-electron chi connectivity index (χ3n) is 3.48. The molecule has 0 aromatic heterocycles. The van der Waals surface area contributed by atoms with Gasteiger partial charge in [0.15, 0.2) is 0 Å². The van der Waals surface area contributed by atoms with Gasteiger partial charge in [-0.3, -0.25) is 0 Å². The van der Waals surface area contributed by atoms with Gasteiger partial charge in [0.25, 0.3) is 0 Å². The average molecular weight is 391 g/mol. The van der Waals surface area contributed by atoms with E-state index in [0.717, 1.165) is 10.6 Å². The molecule has 0 saturated carbocycles. The predicted molar refractivity (Wildman–Crippen MR) is 98.0 cm³/mol. The third-order valence-corrected chi connectivity index (χ3v) is 6.41. The lowest BCUT2D eigenvalue weighted by Gasteiger charge is -2.23. The number of rotatable bonds is 4. The van der Waals surface area contributed by atoms with Crippen molar-refractivity contribution in [2.24, 2.45) is 0 Å². The third kappa shape index (κ3) is 3.68. The van der Waals surface area contributed by atoms with E-state index in [1.165, 1.54) is 6.07 Å². The molecule has 0 N–H and O–H groups in total. The van der Waals surface area contributed by atoms with Crippen LogP contribution >= 0.6 is 23.9 Å². The standard InChI is InChI=1S/C19H14BrF2P/c20-19(21,22)17-13-7-8-14-18(17)23(15-9-3-1-4-10-15)16-11-5-2-6-12-16/h1-14H. The highest BCUT2D eigenvalue weighted by Crippen LogP contribution is 2.41. The fraction of sp³-hybridized carbons (Fsp3) is 0.0526. The van der Waals surface area contributed by atoms with Crippen LogP contribution in [0.5, 0.6) is 0 Å². The lowest BCUT2D eigenvalue weighted by Crippen LogP contribution is -2.26. The predicted octanol–water partition coefficient (Wildman–Crippen LogP) is 4.89. The highest BCUT2D eigenvalue weighted by molar-refractivity contribution is 9.09. The lowest BCUT2D eigenvalue weighted by atomic mass is 10.2. The van der Waals surface area contributed by atoms with Gasteiger partial charge in [0.2, 0.25) is 0 Å². The Morgan fingerprint density at radius 2 is 1.09 bits per heavy atom. The molecule has 23 heavy (non-hydrogen) atoms. The summed E-state index contributed by atoms with van der Waals surface area (Å²) in [6.07, 6.45) is 0. The molecule has 3 aromatic carbocycles. The first-order valence-electron chi connectivity index (χ1n) is 7.14. The van der Waals surface area contributed by atoms with E-state index in [9.17, 15) is 8.78 Å². The molecule has 4 heteroatoms. The zero-order chi connectivity index (χ0) is 16.3. The second kappa shape index (κ2) is 6.90. The van der Waals surface area contributed by atoms with E-state index in [1.807, 2.05) is 66.7 Å². The van der Waals surface area contributed by atoms with E-state index in [0.29, 0.717) is 5.30 Å². The molecule has 0 spiro atoms. The van der Waals surface area contributed by atoms with Gasteiger partial charge in [-0.05, 0) is 39.8 Å². The van der Waals surface area contributed by atoms with E-state index >= 15 is 0 Å². The van der Waals surface area contributed by atoms with E-state index in [1.54, 1.807) is 12.1 Å². The smallest absolute Gasteiger partial charge is 0.188 e. The van der Waals surface area contributed by atoms with Crippen LogP contribution < -0.4 is 15.9 Å². The first kappa shape index (κ1) is 16.3. The number of hydrogen-bond donors (Lipinski definition) is 0. The molecule has 0 amide bonds. The minimum Gasteiger partial charge on any atom is -0.188 e. The molecule has 0 atom stereocenters. The first-order valence-corrected chi connectivity index (χ1v) is 9.27. The van der Waals surface area contributed by atoms with Crippen LogP contribution in [0.1, 0.15) is 5.56 Å². The van der Waals surface area contributed by atoms with Gasteiger partial charge in [-0.25, -0.2) is 0 Å². The topological polar surface area (TPSA) is 0 Å². The molecular weight excluding hydrogens is 377 g/mol. The summed E-state index contributed by atoms with van der Waals surface area (Å²) in [4.78, 5) is -3.05. The summed E-state index contributed by atoms with van der Waals surface area (Å²) >= 11 is 2.53. The Morgan fingerprint density at radius 1 is 0.652 bits per heavy atom. The first-order chi connectivity index (χ1) is 11.1. The molecular formula is C19H14BrF2P. The van der Waals surface area contributed by atoms with Gasteiger partial charge >= 0.3 is 4.83 Å². The van der Waals surface area contributed by atoms with Crippen molar-refractivity contribution < 1.29 is 8.78 Å². The van der Waals surface area contributed by atoms with E-state index < -0.39 is 12.8 Å². The number of hydrogen-bond acceptors (Lipinski definition) is 0. The van der Waals surface area contributed by atoms with Crippen LogP contribution in [0.3, 0.4) is 0 Å². The number of alkyl halides is 3. The monoisotopic (exact) mass is 390 g/mol. The largest absolute Gasteiger partial charge is 0.327 e. The molecule has 0 fully saturated rings. The maximum absolute atomic E-state index is 14.0. The minimum absolute atomic E-state index is 0.0267. The molecule has 0 bridgehead atoms. The Labute approximate surface area is 144 Å². The summed E-state index contributed by atoms with van der Waals surface area (Å²) < 4.78 is 28.1. The molecule has 0 nitrogen and oxygen atoms in total. The van der Waals surface area contributed by atoms with Gasteiger partial charge < -0.3 is 0 Å². The SMILES string of the molecule is FC(F)(Br)c1ccccc1P(c1ccccc1)c1ccccc1. The molecule has 0 radical (unpaired) electrons. The van der Waals surface area contributed by atoms with Gasteiger partial charge in [-0.15, -0.1) is 0 Å². The number of halogens is 3. The fourth-order valence-electron chi connectivity index (χ4n) is 2.49. The van der Waals surface area contributed by atoms with E-state index in [2.05, 4.69) is 15.9 Å². The summed E-state index contributed by atoms with van der Waals surface area (Å²) in [7, 11) is -1.04.